The zero-order valence-electron chi connectivity index (χ0n) is 12.2. The Bertz CT molecular complexity index is 637. The number of piperidine rings is 1. The second-order valence-electron chi connectivity index (χ2n) is 5.60. The first-order valence-corrected chi connectivity index (χ1v) is 8.77. The summed E-state index contributed by atoms with van der Waals surface area (Å²) in [5.41, 5.74) is 6.89. The van der Waals surface area contributed by atoms with E-state index in [1.807, 2.05) is 6.07 Å². The van der Waals surface area contributed by atoms with Crippen LogP contribution in [0.5, 0.6) is 0 Å². The largest absolute Gasteiger partial charge is 0.329 e. The minimum Gasteiger partial charge on any atom is -0.329 e. The average Bonchev–Trinajstić information content (AvgIpc) is 2.46. The highest BCUT2D eigenvalue weighted by Crippen LogP contribution is 2.26. The number of nitriles is 1. The van der Waals surface area contributed by atoms with Crippen molar-refractivity contribution in [1.29, 1.82) is 5.26 Å². The van der Waals surface area contributed by atoms with E-state index < -0.39 is 10.0 Å². The molecule has 114 valence electrons. The zero-order valence-corrected chi connectivity index (χ0v) is 13.0. The third kappa shape index (κ3) is 3.62. The molecule has 2 N–H and O–H groups in total. The molecule has 6 heteroatoms. The molecule has 1 heterocycles. The Morgan fingerprint density at radius 3 is 2.90 bits per heavy atom. The topological polar surface area (TPSA) is 87.2 Å². The van der Waals surface area contributed by atoms with Crippen molar-refractivity contribution in [3.63, 3.8) is 0 Å². The fourth-order valence-electron chi connectivity index (χ4n) is 2.93. The van der Waals surface area contributed by atoms with Crippen molar-refractivity contribution in [2.24, 2.45) is 11.7 Å². The summed E-state index contributed by atoms with van der Waals surface area (Å²) in [7, 11) is -3.41. The third-order valence-corrected chi connectivity index (χ3v) is 5.93. The van der Waals surface area contributed by atoms with E-state index in [1.54, 1.807) is 28.6 Å². The van der Waals surface area contributed by atoms with Gasteiger partial charge in [0.15, 0.2) is 0 Å². The van der Waals surface area contributed by atoms with E-state index in [-0.39, 0.29) is 17.7 Å². The third-order valence-electron chi connectivity index (χ3n) is 4.07. The van der Waals surface area contributed by atoms with E-state index in [1.165, 1.54) is 0 Å². The summed E-state index contributed by atoms with van der Waals surface area (Å²) in [4.78, 5) is 0. The van der Waals surface area contributed by atoms with Gasteiger partial charge in [-0.05, 0) is 36.5 Å². The molecular formula is C15H21N3O2S. The van der Waals surface area contributed by atoms with Gasteiger partial charge in [-0.3, -0.25) is 0 Å². The van der Waals surface area contributed by atoms with Crippen LogP contribution in [0.15, 0.2) is 24.3 Å². The van der Waals surface area contributed by atoms with Crippen LogP contribution in [-0.2, 0) is 15.8 Å². The maximum absolute atomic E-state index is 12.7. The molecule has 0 aromatic heterocycles. The number of nitrogens with zero attached hydrogens (tertiary/aromatic N) is 2. The van der Waals surface area contributed by atoms with Gasteiger partial charge in [-0.25, -0.2) is 8.42 Å². The SMILES string of the molecule is C[C@@H]1CCCN(S(=O)(=O)Cc2cccc(C#N)c2)[C@H]1CN. The number of nitrogens with two attached hydrogens (primary N) is 1. The van der Waals surface area contributed by atoms with Gasteiger partial charge in [0.2, 0.25) is 10.0 Å². The van der Waals surface area contributed by atoms with E-state index >= 15 is 0 Å². The van der Waals surface area contributed by atoms with Gasteiger partial charge in [0, 0.05) is 19.1 Å². The van der Waals surface area contributed by atoms with Gasteiger partial charge >= 0.3 is 0 Å². The summed E-state index contributed by atoms with van der Waals surface area (Å²) in [6.45, 7) is 2.93. The Kier molecular flexibility index (Phi) is 4.99. The molecule has 5 nitrogen and oxygen atoms in total. The number of rotatable bonds is 4. The molecule has 0 bridgehead atoms. The van der Waals surface area contributed by atoms with Crippen molar-refractivity contribution in [3.05, 3.63) is 35.4 Å². The van der Waals surface area contributed by atoms with Gasteiger partial charge in [0.1, 0.15) is 0 Å². The lowest BCUT2D eigenvalue weighted by Gasteiger charge is -2.38. The Morgan fingerprint density at radius 1 is 1.48 bits per heavy atom. The molecule has 0 unspecified atom stereocenters. The van der Waals surface area contributed by atoms with Gasteiger partial charge in [-0.15, -0.1) is 0 Å². The van der Waals surface area contributed by atoms with E-state index in [9.17, 15) is 8.42 Å². The van der Waals surface area contributed by atoms with Crippen LogP contribution in [0.1, 0.15) is 30.9 Å². The Hall–Kier alpha value is -1.42. The minimum absolute atomic E-state index is 0.0776. The Balaban J connectivity index is 2.22. The van der Waals surface area contributed by atoms with Crippen LogP contribution in [0.4, 0.5) is 0 Å². The van der Waals surface area contributed by atoms with Crippen molar-refractivity contribution in [3.8, 4) is 6.07 Å². The van der Waals surface area contributed by atoms with E-state index in [4.69, 9.17) is 11.0 Å². The van der Waals surface area contributed by atoms with Crippen LogP contribution in [0.25, 0.3) is 0 Å². The highest BCUT2D eigenvalue weighted by Gasteiger charge is 2.35. The highest BCUT2D eigenvalue weighted by atomic mass is 32.2. The summed E-state index contributed by atoms with van der Waals surface area (Å²) in [6, 6.07) is 8.65. The molecule has 21 heavy (non-hydrogen) atoms. The number of hydrogen-bond donors (Lipinski definition) is 1. The standard InChI is InChI=1S/C15H21N3O2S/c1-12-4-3-7-18(15(12)10-17)21(19,20)11-14-6-2-5-13(8-14)9-16/h2,5-6,8,12,15H,3-4,7,10-11,17H2,1H3/t12-,15+/m1/s1. The van der Waals surface area contributed by atoms with Crippen molar-refractivity contribution in [2.45, 2.75) is 31.6 Å². The molecule has 0 amide bonds. The fourth-order valence-corrected chi connectivity index (χ4v) is 4.81. The van der Waals surface area contributed by atoms with Gasteiger partial charge < -0.3 is 5.73 Å². The first-order valence-electron chi connectivity index (χ1n) is 7.16. The number of sulfonamides is 1. The molecule has 2 atom stereocenters. The molecule has 0 spiro atoms. The molecule has 1 fully saturated rings. The summed E-state index contributed by atoms with van der Waals surface area (Å²) in [5.74, 6) is 0.204. The first kappa shape index (κ1) is 16.0. The fraction of sp³-hybridized carbons (Fsp3) is 0.533. The molecule has 0 saturated carbocycles. The second-order valence-corrected chi connectivity index (χ2v) is 7.52. The zero-order chi connectivity index (χ0) is 15.5. The van der Waals surface area contributed by atoms with Crippen molar-refractivity contribution in [1.82, 2.24) is 4.31 Å². The molecule has 1 aliphatic rings. The van der Waals surface area contributed by atoms with Gasteiger partial charge in [-0.1, -0.05) is 19.1 Å². The molecule has 1 aromatic carbocycles. The van der Waals surface area contributed by atoms with Crippen LogP contribution < -0.4 is 5.73 Å². The lowest BCUT2D eigenvalue weighted by atomic mass is 9.93. The van der Waals surface area contributed by atoms with E-state index in [2.05, 4.69) is 6.92 Å². The molecule has 1 aliphatic heterocycles. The van der Waals surface area contributed by atoms with Crippen molar-refractivity contribution < 1.29 is 8.42 Å². The number of benzene rings is 1. The Labute approximate surface area is 126 Å². The summed E-state index contributed by atoms with van der Waals surface area (Å²) in [5, 5.41) is 8.90. The summed E-state index contributed by atoms with van der Waals surface area (Å²) >= 11 is 0. The van der Waals surface area contributed by atoms with Crippen LogP contribution in [0, 0.1) is 17.2 Å². The second kappa shape index (κ2) is 6.56. The van der Waals surface area contributed by atoms with E-state index in [0.717, 1.165) is 12.8 Å². The quantitative estimate of drug-likeness (QED) is 0.912. The lowest BCUT2D eigenvalue weighted by Crippen LogP contribution is -2.51. The van der Waals surface area contributed by atoms with E-state index in [0.29, 0.717) is 24.2 Å². The predicted octanol–water partition coefficient (Wildman–Crippen LogP) is 1.45. The number of hydrogen-bond acceptors (Lipinski definition) is 4. The Morgan fingerprint density at radius 2 is 2.24 bits per heavy atom. The minimum atomic E-state index is -3.41. The molecule has 1 saturated heterocycles. The first-order chi connectivity index (χ1) is 9.97. The predicted molar refractivity (Wildman–Crippen MR) is 81.7 cm³/mol. The van der Waals surface area contributed by atoms with Crippen LogP contribution >= 0.6 is 0 Å². The summed E-state index contributed by atoms with van der Waals surface area (Å²) < 4.78 is 26.9. The monoisotopic (exact) mass is 307 g/mol. The smallest absolute Gasteiger partial charge is 0.218 e. The maximum atomic E-state index is 12.7. The molecule has 0 aliphatic carbocycles. The van der Waals surface area contributed by atoms with Gasteiger partial charge in [-0.2, -0.15) is 9.57 Å². The van der Waals surface area contributed by atoms with Crippen molar-refractivity contribution in [2.75, 3.05) is 13.1 Å². The molecule has 2 rings (SSSR count). The van der Waals surface area contributed by atoms with Crippen LogP contribution in [-0.4, -0.2) is 31.9 Å². The van der Waals surface area contributed by atoms with Crippen LogP contribution in [0.3, 0.4) is 0 Å². The summed E-state index contributed by atoms with van der Waals surface area (Å²) in [6.07, 6.45) is 1.88. The normalized spacial score (nSPS) is 23.7. The molecule has 0 radical (unpaired) electrons. The lowest BCUT2D eigenvalue weighted by molar-refractivity contribution is 0.192. The van der Waals surface area contributed by atoms with Crippen LogP contribution in [0.2, 0.25) is 0 Å². The maximum Gasteiger partial charge on any atom is 0.218 e. The average molecular weight is 307 g/mol. The highest BCUT2D eigenvalue weighted by molar-refractivity contribution is 7.88. The van der Waals surface area contributed by atoms with Gasteiger partial charge in [0.05, 0.1) is 17.4 Å². The van der Waals surface area contributed by atoms with Crippen molar-refractivity contribution >= 4 is 10.0 Å². The van der Waals surface area contributed by atoms with Gasteiger partial charge in [0.25, 0.3) is 0 Å². The molecular weight excluding hydrogens is 286 g/mol. The molecule has 1 aromatic rings.